The van der Waals surface area contributed by atoms with Crippen LogP contribution in [0.1, 0.15) is 27.2 Å². The van der Waals surface area contributed by atoms with Crippen molar-refractivity contribution in [2.45, 2.75) is 20.4 Å². The van der Waals surface area contributed by atoms with Crippen LogP contribution in [0.2, 0.25) is 5.15 Å². The Morgan fingerprint density at radius 3 is 2.45 bits per heavy atom. The molecule has 0 bridgehead atoms. The van der Waals surface area contributed by atoms with Crippen molar-refractivity contribution < 1.29 is 14.3 Å². The lowest BCUT2D eigenvalue weighted by molar-refractivity contribution is -0.123. The van der Waals surface area contributed by atoms with E-state index in [4.69, 9.17) is 16.3 Å². The summed E-state index contributed by atoms with van der Waals surface area (Å²) in [6, 6.07) is 17.0. The fourth-order valence-electron chi connectivity index (χ4n) is 2.76. The number of hydrazine groups is 1. The Kier molecular flexibility index (Phi) is 6.51. The molecule has 1 heterocycles. The van der Waals surface area contributed by atoms with Crippen molar-refractivity contribution in [3.05, 3.63) is 82.1 Å². The monoisotopic (exact) mass is 412 g/mol. The molecule has 0 fully saturated rings. The summed E-state index contributed by atoms with van der Waals surface area (Å²) in [4.78, 5) is 24.5. The van der Waals surface area contributed by atoms with E-state index in [2.05, 4.69) is 16.0 Å². The van der Waals surface area contributed by atoms with Crippen LogP contribution in [0.4, 0.5) is 0 Å². The number of halogens is 1. The number of aromatic nitrogens is 2. The molecule has 3 aromatic rings. The van der Waals surface area contributed by atoms with E-state index in [-0.39, 0.29) is 17.3 Å². The Labute approximate surface area is 173 Å². The third-order valence-electron chi connectivity index (χ3n) is 4.24. The largest absolute Gasteiger partial charge is 0.483 e. The van der Waals surface area contributed by atoms with Gasteiger partial charge in [0.15, 0.2) is 6.61 Å². The maximum atomic E-state index is 12.5. The first kappa shape index (κ1) is 20.4. The summed E-state index contributed by atoms with van der Waals surface area (Å²) in [5.74, 6) is -0.432. The normalized spacial score (nSPS) is 10.4. The van der Waals surface area contributed by atoms with Gasteiger partial charge in [-0.25, -0.2) is 4.68 Å². The van der Waals surface area contributed by atoms with Crippen molar-refractivity contribution >= 4 is 23.4 Å². The van der Waals surface area contributed by atoms with Crippen molar-refractivity contribution in [1.82, 2.24) is 20.6 Å². The Balaban J connectivity index is 1.58. The Hall–Kier alpha value is -3.32. The number of para-hydroxylation sites is 1. The Bertz CT molecular complexity index is 1020. The van der Waals surface area contributed by atoms with Crippen LogP contribution < -0.4 is 15.6 Å². The lowest BCUT2D eigenvalue weighted by Crippen LogP contribution is -2.44. The molecule has 0 aliphatic carbocycles. The molecule has 8 heteroatoms. The molecule has 0 aliphatic heterocycles. The third-order valence-corrected chi connectivity index (χ3v) is 4.62. The van der Waals surface area contributed by atoms with Gasteiger partial charge in [-0.15, -0.1) is 0 Å². The minimum Gasteiger partial charge on any atom is -0.483 e. The van der Waals surface area contributed by atoms with Crippen molar-refractivity contribution in [1.29, 1.82) is 0 Å². The molecule has 0 aliphatic rings. The number of carbonyl (C=O) groups excluding carboxylic acids is 2. The number of carbonyl (C=O) groups is 2. The molecular weight excluding hydrogens is 392 g/mol. The summed E-state index contributed by atoms with van der Waals surface area (Å²) in [7, 11) is 0. The second-order valence-electron chi connectivity index (χ2n) is 6.45. The molecular formula is C21H21ClN4O3. The molecule has 2 amide bonds. The van der Waals surface area contributed by atoms with Crippen LogP contribution >= 0.6 is 11.6 Å². The molecule has 150 valence electrons. The highest BCUT2D eigenvalue weighted by Gasteiger charge is 2.21. The molecule has 2 N–H and O–H groups in total. The summed E-state index contributed by atoms with van der Waals surface area (Å²) >= 11 is 6.35. The fourth-order valence-corrected chi connectivity index (χ4v) is 3.08. The van der Waals surface area contributed by atoms with Gasteiger partial charge in [-0.2, -0.15) is 5.10 Å². The molecule has 0 saturated carbocycles. The zero-order chi connectivity index (χ0) is 20.8. The van der Waals surface area contributed by atoms with Gasteiger partial charge in [0.25, 0.3) is 11.8 Å². The molecule has 0 saturated heterocycles. The van der Waals surface area contributed by atoms with Crippen LogP contribution in [0.25, 0.3) is 0 Å². The highest BCUT2D eigenvalue weighted by molar-refractivity contribution is 6.33. The van der Waals surface area contributed by atoms with Gasteiger partial charge in [0.2, 0.25) is 0 Å². The summed E-state index contributed by atoms with van der Waals surface area (Å²) in [6.45, 7) is 3.77. The molecule has 0 spiro atoms. The number of aryl methyl sites for hydroxylation is 2. The topological polar surface area (TPSA) is 85.2 Å². The zero-order valence-electron chi connectivity index (χ0n) is 16.1. The number of ether oxygens (including phenoxy) is 1. The molecule has 3 rings (SSSR count). The SMILES string of the molecule is Cc1ccccc1OCC(=O)NNC(=O)c1c(C)nn(Cc2ccccc2)c1Cl. The van der Waals surface area contributed by atoms with Crippen molar-refractivity contribution in [3.8, 4) is 5.75 Å². The third kappa shape index (κ3) is 5.14. The summed E-state index contributed by atoms with van der Waals surface area (Å²) in [6.07, 6.45) is 0. The van der Waals surface area contributed by atoms with E-state index in [1.807, 2.05) is 55.5 Å². The van der Waals surface area contributed by atoms with E-state index in [1.165, 1.54) is 0 Å². The fraction of sp³-hybridized carbons (Fsp3) is 0.190. The smallest absolute Gasteiger partial charge is 0.276 e. The van der Waals surface area contributed by atoms with Crippen LogP contribution in [-0.4, -0.2) is 28.2 Å². The first-order valence-corrected chi connectivity index (χ1v) is 9.38. The number of benzene rings is 2. The number of hydrogen-bond donors (Lipinski definition) is 2. The molecule has 29 heavy (non-hydrogen) atoms. The number of rotatable bonds is 6. The molecule has 1 aromatic heterocycles. The second kappa shape index (κ2) is 9.25. The highest BCUT2D eigenvalue weighted by Crippen LogP contribution is 2.21. The second-order valence-corrected chi connectivity index (χ2v) is 6.81. The molecule has 0 atom stereocenters. The van der Waals surface area contributed by atoms with Crippen LogP contribution in [0.15, 0.2) is 54.6 Å². The van der Waals surface area contributed by atoms with Gasteiger partial charge in [-0.1, -0.05) is 60.1 Å². The van der Waals surface area contributed by atoms with Crippen molar-refractivity contribution in [2.24, 2.45) is 0 Å². The maximum absolute atomic E-state index is 12.5. The Morgan fingerprint density at radius 2 is 1.72 bits per heavy atom. The van der Waals surface area contributed by atoms with E-state index in [9.17, 15) is 9.59 Å². The maximum Gasteiger partial charge on any atom is 0.276 e. The molecule has 7 nitrogen and oxygen atoms in total. The summed E-state index contributed by atoms with van der Waals surface area (Å²) in [5.41, 5.74) is 7.27. The number of nitrogens with one attached hydrogen (secondary N) is 2. The Morgan fingerprint density at radius 1 is 1.03 bits per heavy atom. The van der Waals surface area contributed by atoms with Gasteiger partial charge in [-0.05, 0) is 31.0 Å². The van der Waals surface area contributed by atoms with Gasteiger partial charge >= 0.3 is 0 Å². The van der Waals surface area contributed by atoms with Crippen LogP contribution in [0.5, 0.6) is 5.75 Å². The lowest BCUT2D eigenvalue weighted by atomic mass is 10.2. The first-order valence-electron chi connectivity index (χ1n) is 9.00. The van der Waals surface area contributed by atoms with Gasteiger partial charge in [0.05, 0.1) is 12.2 Å². The summed E-state index contributed by atoms with van der Waals surface area (Å²) in [5, 5.41) is 4.53. The van der Waals surface area contributed by atoms with Crippen molar-refractivity contribution in [3.63, 3.8) is 0 Å². The standard InChI is InChI=1S/C21H21ClN4O3/c1-14-8-6-7-11-17(14)29-13-18(27)23-24-21(28)19-15(2)25-26(20(19)22)12-16-9-4-3-5-10-16/h3-11H,12-13H2,1-2H3,(H,23,27)(H,24,28). The quantitative estimate of drug-likeness (QED) is 0.609. The van der Waals surface area contributed by atoms with Gasteiger partial charge < -0.3 is 4.74 Å². The van der Waals surface area contributed by atoms with E-state index < -0.39 is 11.8 Å². The van der Waals surface area contributed by atoms with Gasteiger partial charge in [-0.3, -0.25) is 20.4 Å². The molecule has 0 radical (unpaired) electrons. The predicted octanol–water partition coefficient (Wildman–Crippen LogP) is 3.04. The molecule has 0 unspecified atom stereocenters. The minimum absolute atomic E-state index is 0.203. The van der Waals surface area contributed by atoms with E-state index in [0.717, 1.165) is 11.1 Å². The van der Waals surface area contributed by atoms with Crippen LogP contribution in [0, 0.1) is 13.8 Å². The number of amides is 2. The van der Waals surface area contributed by atoms with E-state index in [0.29, 0.717) is 18.0 Å². The van der Waals surface area contributed by atoms with E-state index in [1.54, 1.807) is 17.7 Å². The van der Waals surface area contributed by atoms with Crippen LogP contribution in [0.3, 0.4) is 0 Å². The highest BCUT2D eigenvalue weighted by atomic mass is 35.5. The average molecular weight is 413 g/mol. The molecule has 2 aromatic carbocycles. The number of nitrogens with zero attached hydrogens (tertiary/aromatic N) is 2. The predicted molar refractivity (Wildman–Crippen MR) is 110 cm³/mol. The number of hydrogen-bond acceptors (Lipinski definition) is 4. The van der Waals surface area contributed by atoms with Crippen molar-refractivity contribution in [2.75, 3.05) is 6.61 Å². The zero-order valence-corrected chi connectivity index (χ0v) is 16.9. The van der Waals surface area contributed by atoms with Gasteiger partial charge in [0.1, 0.15) is 16.5 Å². The summed E-state index contributed by atoms with van der Waals surface area (Å²) < 4.78 is 6.99. The minimum atomic E-state index is -0.545. The lowest BCUT2D eigenvalue weighted by Gasteiger charge is -2.10. The van der Waals surface area contributed by atoms with Crippen LogP contribution in [-0.2, 0) is 11.3 Å². The van der Waals surface area contributed by atoms with Gasteiger partial charge in [0, 0.05) is 0 Å². The average Bonchev–Trinajstić information content (AvgIpc) is 2.99. The first-order chi connectivity index (χ1) is 14.0. The van der Waals surface area contributed by atoms with E-state index >= 15 is 0 Å².